The number of fused-ring (bicyclic) bond motifs is 2. The van der Waals surface area contributed by atoms with E-state index >= 15 is 0 Å². The van der Waals surface area contributed by atoms with Crippen LogP contribution in [0.25, 0.3) is 0 Å². The second-order valence-electron chi connectivity index (χ2n) is 5.34. The van der Waals surface area contributed by atoms with Gasteiger partial charge in [0.05, 0.1) is 6.07 Å². The largest absolute Gasteiger partial charge is 0.454 e. The fraction of sp³-hybridized carbons (Fsp3) is 0.111. The Kier molecular flexibility index (Phi) is 3.09. The van der Waals surface area contributed by atoms with Gasteiger partial charge in [0.2, 0.25) is 13.6 Å². The molecule has 0 bridgehead atoms. The van der Waals surface area contributed by atoms with Crippen molar-refractivity contribution in [3.8, 4) is 46.2 Å². The molecule has 3 aromatic rings. The second-order valence-corrected chi connectivity index (χ2v) is 5.34. The number of hydrogen-bond donors (Lipinski definition) is 0. The van der Waals surface area contributed by atoms with Crippen LogP contribution in [0.5, 0.6) is 46.2 Å². The lowest BCUT2D eigenvalue weighted by molar-refractivity contribution is 0.173. The number of benzene rings is 2. The second kappa shape index (κ2) is 5.55. The molecule has 5 rings (SSSR count). The van der Waals surface area contributed by atoms with Crippen LogP contribution >= 0.6 is 0 Å². The molecule has 0 radical (unpaired) electrons. The minimum Gasteiger partial charge on any atom is -0.454 e. The van der Waals surface area contributed by atoms with Crippen molar-refractivity contribution in [2.24, 2.45) is 0 Å². The summed E-state index contributed by atoms with van der Waals surface area (Å²) in [5.74, 6) is 4.68. The fourth-order valence-electron chi connectivity index (χ4n) is 2.54. The van der Waals surface area contributed by atoms with Gasteiger partial charge in [0, 0.05) is 12.1 Å². The Bertz CT molecular complexity index is 857. The first kappa shape index (κ1) is 13.9. The SMILES string of the molecule is c1cc2c(cc1Oc1coc(Oc3ccc4c(c3)OCO4)c1)OCO2. The molecule has 7 heteroatoms. The Hall–Kier alpha value is -3.48. The highest BCUT2D eigenvalue weighted by atomic mass is 16.7. The van der Waals surface area contributed by atoms with Crippen LogP contribution in [0.2, 0.25) is 0 Å². The van der Waals surface area contributed by atoms with Gasteiger partial charge in [-0.15, -0.1) is 0 Å². The van der Waals surface area contributed by atoms with Crippen molar-refractivity contribution in [1.29, 1.82) is 0 Å². The predicted molar refractivity (Wildman–Crippen MR) is 84.0 cm³/mol. The Morgan fingerprint density at radius 3 is 1.88 bits per heavy atom. The number of rotatable bonds is 4. The molecule has 2 aliphatic heterocycles. The molecule has 0 saturated heterocycles. The highest BCUT2D eigenvalue weighted by Gasteiger charge is 2.16. The Balaban J connectivity index is 1.30. The maximum Gasteiger partial charge on any atom is 0.293 e. The highest BCUT2D eigenvalue weighted by Crippen LogP contribution is 2.39. The Morgan fingerprint density at radius 2 is 1.20 bits per heavy atom. The zero-order valence-corrected chi connectivity index (χ0v) is 12.9. The van der Waals surface area contributed by atoms with Crippen molar-refractivity contribution in [2.75, 3.05) is 13.6 Å². The van der Waals surface area contributed by atoms with Gasteiger partial charge < -0.3 is 32.8 Å². The predicted octanol–water partition coefficient (Wildman–Crippen LogP) is 4.32. The van der Waals surface area contributed by atoms with Gasteiger partial charge in [-0.25, -0.2) is 0 Å². The van der Waals surface area contributed by atoms with Crippen molar-refractivity contribution in [3.05, 3.63) is 48.7 Å². The molecule has 1 aromatic heterocycles. The standard InChI is InChI=1S/C18H12O7/c1-3-14-16(22-9-20-14)5-11(1)24-13-7-18(19-8-13)25-12-2-4-15-17(6-12)23-10-21-15/h1-8H,9-10H2. The first-order chi connectivity index (χ1) is 12.3. The van der Waals surface area contributed by atoms with E-state index in [0.717, 1.165) is 0 Å². The maximum atomic E-state index is 5.74. The van der Waals surface area contributed by atoms with E-state index in [1.165, 1.54) is 6.26 Å². The molecule has 0 atom stereocenters. The lowest BCUT2D eigenvalue weighted by atomic mass is 10.3. The minimum absolute atomic E-state index is 0.215. The molecule has 126 valence electrons. The van der Waals surface area contributed by atoms with Crippen LogP contribution < -0.4 is 28.4 Å². The lowest BCUT2D eigenvalue weighted by Crippen LogP contribution is -1.92. The zero-order valence-electron chi connectivity index (χ0n) is 12.9. The Labute approximate surface area is 142 Å². The third-order valence-corrected chi connectivity index (χ3v) is 3.69. The molecule has 3 heterocycles. The van der Waals surface area contributed by atoms with Gasteiger partial charge in [-0.1, -0.05) is 0 Å². The summed E-state index contributed by atoms with van der Waals surface area (Å²) in [5.41, 5.74) is 0. The molecule has 0 fully saturated rings. The van der Waals surface area contributed by atoms with E-state index in [9.17, 15) is 0 Å². The minimum atomic E-state index is 0.215. The summed E-state index contributed by atoms with van der Waals surface area (Å²) in [7, 11) is 0. The average Bonchev–Trinajstić information content (AvgIpc) is 3.35. The van der Waals surface area contributed by atoms with Crippen molar-refractivity contribution >= 4 is 0 Å². The van der Waals surface area contributed by atoms with Gasteiger partial charge in [-0.3, -0.25) is 0 Å². The summed E-state index contributed by atoms with van der Waals surface area (Å²) in [6, 6.07) is 12.3. The van der Waals surface area contributed by atoms with Crippen LogP contribution in [0.3, 0.4) is 0 Å². The smallest absolute Gasteiger partial charge is 0.293 e. The monoisotopic (exact) mass is 340 g/mol. The van der Waals surface area contributed by atoms with E-state index in [2.05, 4.69) is 0 Å². The summed E-state index contributed by atoms with van der Waals surface area (Å²) in [4.78, 5) is 0. The topological polar surface area (TPSA) is 68.5 Å². The van der Waals surface area contributed by atoms with Crippen LogP contribution in [-0.2, 0) is 0 Å². The number of hydrogen-bond acceptors (Lipinski definition) is 7. The molecule has 0 N–H and O–H groups in total. The van der Waals surface area contributed by atoms with Gasteiger partial charge in [0.15, 0.2) is 28.7 Å². The van der Waals surface area contributed by atoms with Gasteiger partial charge in [-0.05, 0) is 24.3 Å². The summed E-state index contributed by atoms with van der Waals surface area (Å²) >= 11 is 0. The molecule has 0 unspecified atom stereocenters. The van der Waals surface area contributed by atoms with E-state index in [1.54, 1.807) is 42.5 Å². The third kappa shape index (κ3) is 2.65. The highest BCUT2D eigenvalue weighted by molar-refractivity contribution is 5.49. The molecule has 2 aromatic carbocycles. The van der Waals surface area contributed by atoms with Crippen molar-refractivity contribution in [3.63, 3.8) is 0 Å². The summed E-state index contributed by atoms with van der Waals surface area (Å²) in [5, 5.41) is 0. The van der Waals surface area contributed by atoms with E-state index in [0.29, 0.717) is 46.2 Å². The maximum absolute atomic E-state index is 5.74. The van der Waals surface area contributed by atoms with Crippen molar-refractivity contribution in [1.82, 2.24) is 0 Å². The molecule has 7 nitrogen and oxygen atoms in total. The van der Waals surface area contributed by atoms with Gasteiger partial charge in [-0.2, -0.15) is 0 Å². The van der Waals surface area contributed by atoms with Crippen LogP contribution in [0.1, 0.15) is 0 Å². The molecule has 0 aliphatic carbocycles. The van der Waals surface area contributed by atoms with Crippen LogP contribution in [-0.4, -0.2) is 13.6 Å². The van der Waals surface area contributed by atoms with Gasteiger partial charge >= 0.3 is 0 Å². The first-order valence-electron chi connectivity index (χ1n) is 7.57. The average molecular weight is 340 g/mol. The molecule has 25 heavy (non-hydrogen) atoms. The van der Waals surface area contributed by atoms with E-state index < -0.39 is 0 Å². The Morgan fingerprint density at radius 1 is 0.600 bits per heavy atom. The van der Waals surface area contributed by atoms with Crippen molar-refractivity contribution in [2.45, 2.75) is 0 Å². The van der Waals surface area contributed by atoms with Crippen LogP contribution in [0, 0.1) is 0 Å². The molecular weight excluding hydrogens is 328 g/mol. The molecule has 0 spiro atoms. The van der Waals surface area contributed by atoms with E-state index in [1.807, 2.05) is 0 Å². The van der Waals surface area contributed by atoms with Gasteiger partial charge in [0.25, 0.3) is 5.95 Å². The molecule has 2 aliphatic rings. The number of ether oxygens (including phenoxy) is 6. The summed E-state index contributed by atoms with van der Waals surface area (Å²) in [6.07, 6.45) is 1.47. The van der Waals surface area contributed by atoms with Crippen LogP contribution in [0.15, 0.2) is 53.1 Å². The van der Waals surface area contributed by atoms with Crippen LogP contribution in [0.4, 0.5) is 0 Å². The van der Waals surface area contributed by atoms with E-state index in [-0.39, 0.29) is 13.6 Å². The molecule has 0 amide bonds. The van der Waals surface area contributed by atoms with Crippen molar-refractivity contribution < 1.29 is 32.8 Å². The van der Waals surface area contributed by atoms with E-state index in [4.69, 9.17) is 32.8 Å². The lowest BCUT2D eigenvalue weighted by Gasteiger charge is -2.03. The fourth-order valence-corrected chi connectivity index (χ4v) is 2.54. The summed E-state index contributed by atoms with van der Waals surface area (Å²) in [6.45, 7) is 0.436. The molecule has 0 saturated carbocycles. The quantitative estimate of drug-likeness (QED) is 0.700. The summed E-state index contributed by atoms with van der Waals surface area (Å²) < 4.78 is 38.0. The zero-order chi connectivity index (χ0) is 16.6. The van der Waals surface area contributed by atoms with Gasteiger partial charge in [0.1, 0.15) is 17.8 Å². The normalized spacial score (nSPS) is 13.8. The number of furan rings is 1. The first-order valence-corrected chi connectivity index (χ1v) is 7.57. The molecular formula is C18H12O7. The third-order valence-electron chi connectivity index (χ3n) is 3.69.